The molecule has 1 heterocycles. The van der Waals surface area contributed by atoms with Gasteiger partial charge in [-0.25, -0.2) is 0 Å². The van der Waals surface area contributed by atoms with Crippen LogP contribution in [0.3, 0.4) is 0 Å². The smallest absolute Gasteiger partial charge is 0.399 e. The highest BCUT2D eigenvalue weighted by Crippen LogP contribution is 2.43. The zero-order valence-electron chi connectivity index (χ0n) is 19.0. The summed E-state index contributed by atoms with van der Waals surface area (Å²) in [4.78, 5) is 14.2. The third-order valence-corrected chi connectivity index (χ3v) is 6.19. The lowest BCUT2D eigenvalue weighted by Crippen LogP contribution is -2.38. The molecular weight excluding hydrogens is 460 g/mol. The molecule has 186 valence electrons. The lowest BCUT2D eigenvalue weighted by atomic mass is 9.81. The summed E-state index contributed by atoms with van der Waals surface area (Å²) < 4.78 is 80.3. The van der Waals surface area contributed by atoms with Crippen LogP contribution in [0.25, 0.3) is 0 Å². The van der Waals surface area contributed by atoms with E-state index in [1.54, 1.807) is 18.2 Å². The molecule has 2 unspecified atom stereocenters. The number of rotatable bonds is 4. The number of anilines is 2. The normalized spacial score (nSPS) is 18.8. The van der Waals surface area contributed by atoms with Crippen molar-refractivity contribution in [1.29, 1.82) is 0 Å². The van der Waals surface area contributed by atoms with Crippen molar-refractivity contribution in [3.8, 4) is 0 Å². The second kappa shape index (κ2) is 9.38. The van der Waals surface area contributed by atoms with Crippen LogP contribution in [-0.4, -0.2) is 17.4 Å². The van der Waals surface area contributed by atoms with E-state index in [0.717, 1.165) is 5.56 Å². The highest BCUT2D eigenvalue weighted by Gasteiger charge is 2.39. The number of amides is 1. The molecular formula is C24H27F6N3O. The molecule has 0 bridgehead atoms. The van der Waals surface area contributed by atoms with E-state index in [9.17, 15) is 31.1 Å². The van der Waals surface area contributed by atoms with Gasteiger partial charge < -0.3 is 16.0 Å². The molecule has 1 aliphatic rings. The SMILES string of the molecule is CC(=O)N(Cc1cc(C(F)(F)F)cc(C(F)(F)F)c1)C1c2ccc(N)cc2NCCC1C(C)C. The Hall–Kier alpha value is -2.91. The number of benzene rings is 2. The number of nitrogens with zero attached hydrogens (tertiary/aromatic N) is 1. The maximum absolute atomic E-state index is 13.4. The quantitative estimate of drug-likeness (QED) is 0.383. The van der Waals surface area contributed by atoms with Gasteiger partial charge in [0, 0.05) is 31.4 Å². The van der Waals surface area contributed by atoms with E-state index in [4.69, 9.17) is 5.73 Å². The number of fused-ring (bicyclic) bond motifs is 1. The Morgan fingerprint density at radius 3 is 2.15 bits per heavy atom. The predicted octanol–water partition coefficient (Wildman–Crippen LogP) is 6.48. The van der Waals surface area contributed by atoms with Gasteiger partial charge in [0.25, 0.3) is 0 Å². The molecule has 1 amide bonds. The van der Waals surface area contributed by atoms with Crippen LogP contribution in [0.15, 0.2) is 36.4 Å². The molecule has 3 rings (SSSR count). The molecule has 0 spiro atoms. The topological polar surface area (TPSA) is 58.4 Å². The molecule has 0 fully saturated rings. The molecule has 1 aliphatic heterocycles. The first-order valence-electron chi connectivity index (χ1n) is 10.9. The Balaban J connectivity index is 2.14. The molecule has 0 aromatic heterocycles. The Morgan fingerprint density at radius 2 is 1.65 bits per heavy atom. The number of hydrogen-bond acceptors (Lipinski definition) is 3. The van der Waals surface area contributed by atoms with Crippen LogP contribution in [0.2, 0.25) is 0 Å². The van der Waals surface area contributed by atoms with E-state index < -0.39 is 42.0 Å². The van der Waals surface area contributed by atoms with Crippen LogP contribution in [0.1, 0.15) is 55.5 Å². The first-order valence-corrected chi connectivity index (χ1v) is 10.9. The molecule has 2 atom stereocenters. The summed E-state index contributed by atoms with van der Waals surface area (Å²) in [7, 11) is 0. The Morgan fingerprint density at radius 1 is 1.06 bits per heavy atom. The van der Waals surface area contributed by atoms with Crippen LogP contribution >= 0.6 is 0 Å². The Labute approximate surface area is 194 Å². The van der Waals surface area contributed by atoms with Gasteiger partial charge in [-0.2, -0.15) is 26.3 Å². The van der Waals surface area contributed by atoms with Crippen molar-refractivity contribution in [1.82, 2.24) is 4.90 Å². The molecule has 3 N–H and O–H groups in total. The minimum Gasteiger partial charge on any atom is -0.399 e. The number of alkyl halides is 6. The van der Waals surface area contributed by atoms with Crippen molar-refractivity contribution < 1.29 is 31.1 Å². The Kier molecular flexibility index (Phi) is 7.10. The van der Waals surface area contributed by atoms with Gasteiger partial charge in [0.15, 0.2) is 0 Å². The number of carbonyl (C=O) groups is 1. The summed E-state index contributed by atoms with van der Waals surface area (Å²) >= 11 is 0. The third kappa shape index (κ3) is 5.59. The van der Waals surface area contributed by atoms with Gasteiger partial charge >= 0.3 is 12.4 Å². The maximum atomic E-state index is 13.4. The largest absolute Gasteiger partial charge is 0.416 e. The Bertz CT molecular complexity index is 1020. The van der Waals surface area contributed by atoms with Gasteiger partial charge in [-0.3, -0.25) is 4.79 Å². The molecule has 0 aliphatic carbocycles. The van der Waals surface area contributed by atoms with Gasteiger partial charge in [0.2, 0.25) is 5.91 Å². The minimum atomic E-state index is -4.96. The number of carbonyl (C=O) groups excluding carboxylic acids is 1. The van der Waals surface area contributed by atoms with Crippen molar-refractivity contribution in [2.45, 2.75) is 52.1 Å². The van der Waals surface area contributed by atoms with Gasteiger partial charge in [-0.1, -0.05) is 19.9 Å². The molecule has 34 heavy (non-hydrogen) atoms. The van der Waals surface area contributed by atoms with Crippen molar-refractivity contribution in [3.05, 3.63) is 58.7 Å². The summed E-state index contributed by atoms with van der Waals surface area (Å²) in [6, 6.07) is 6.02. The number of nitrogens with two attached hydrogens (primary N) is 1. The van der Waals surface area contributed by atoms with Crippen molar-refractivity contribution in [2.75, 3.05) is 17.6 Å². The summed E-state index contributed by atoms with van der Waals surface area (Å²) in [5.41, 5.74) is 4.78. The van der Waals surface area contributed by atoms with Gasteiger partial charge in [0.1, 0.15) is 0 Å². The van der Waals surface area contributed by atoms with E-state index >= 15 is 0 Å². The van der Waals surface area contributed by atoms with E-state index in [2.05, 4.69) is 5.32 Å². The second-order valence-corrected chi connectivity index (χ2v) is 8.98. The molecule has 4 nitrogen and oxygen atoms in total. The lowest BCUT2D eigenvalue weighted by molar-refractivity contribution is -0.143. The fraction of sp³-hybridized carbons (Fsp3) is 0.458. The third-order valence-electron chi connectivity index (χ3n) is 6.19. The van der Waals surface area contributed by atoms with E-state index in [1.165, 1.54) is 11.8 Å². The average molecular weight is 487 g/mol. The minimum absolute atomic E-state index is 0.0874. The summed E-state index contributed by atoms with van der Waals surface area (Å²) in [5.74, 6) is -0.454. The summed E-state index contributed by atoms with van der Waals surface area (Å²) in [6.07, 6.45) is -9.28. The van der Waals surface area contributed by atoms with Gasteiger partial charge in [0.05, 0.1) is 17.2 Å². The lowest BCUT2D eigenvalue weighted by Gasteiger charge is -2.38. The first-order chi connectivity index (χ1) is 15.7. The molecule has 2 aromatic carbocycles. The van der Waals surface area contributed by atoms with Gasteiger partial charge in [-0.05, 0) is 59.7 Å². The maximum Gasteiger partial charge on any atom is 0.416 e. The number of nitrogens with one attached hydrogen (secondary N) is 1. The molecule has 0 saturated carbocycles. The van der Waals surface area contributed by atoms with Crippen LogP contribution in [-0.2, 0) is 23.7 Å². The number of hydrogen-bond donors (Lipinski definition) is 2. The number of nitrogen functional groups attached to an aromatic ring is 1. The zero-order chi connectivity index (χ0) is 25.4. The second-order valence-electron chi connectivity index (χ2n) is 8.98. The molecule has 2 aromatic rings. The van der Waals surface area contributed by atoms with E-state index in [1.807, 2.05) is 13.8 Å². The standard InChI is InChI=1S/C24H27F6N3O/c1-13(2)19-6-7-32-21-11-18(31)4-5-20(21)22(19)33(14(3)34)12-15-8-16(23(25,26)27)10-17(9-15)24(28,29)30/h4-5,8-11,13,19,22,32H,6-7,12,31H2,1-3H3. The molecule has 0 saturated heterocycles. The molecule has 10 heteroatoms. The highest BCUT2D eigenvalue weighted by molar-refractivity contribution is 5.75. The molecule has 0 radical (unpaired) electrons. The van der Waals surface area contributed by atoms with E-state index in [0.29, 0.717) is 36.5 Å². The predicted molar refractivity (Wildman–Crippen MR) is 118 cm³/mol. The van der Waals surface area contributed by atoms with Crippen molar-refractivity contribution in [3.63, 3.8) is 0 Å². The average Bonchev–Trinajstić information content (AvgIpc) is 2.89. The van der Waals surface area contributed by atoms with Crippen molar-refractivity contribution >= 4 is 17.3 Å². The summed E-state index contributed by atoms with van der Waals surface area (Å²) in [5, 5.41) is 3.28. The van der Waals surface area contributed by atoms with Crippen LogP contribution in [0.5, 0.6) is 0 Å². The van der Waals surface area contributed by atoms with Gasteiger partial charge in [-0.15, -0.1) is 0 Å². The fourth-order valence-electron chi connectivity index (χ4n) is 4.56. The fourth-order valence-corrected chi connectivity index (χ4v) is 4.56. The monoisotopic (exact) mass is 487 g/mol. The van der Waals surface area contributed by atoms with E-state index in [-0.39, 0.29) is 23.5 Å². The first kappa shape index (κ1) is 25.7. The van der Waals surface area contributed by atoms with Crippen LogP contribution in [0, 0.1) is 11.8 Å². The van der Waals surface area contributed by atoms with Crippen LogP contribution in [0.4, 0.5) is 37.7 Å². The van der Waals surface area contributed by atoms with Crippen molar-refractivity contribution in [2.24, 2.45) is 11.8 Å². The highest BCUT2D eigenvalue weighted by atomic mass is 19.4. The number of halogens is 6. The zero-order valence-corrected chi connectivity index (χ0v) is 19.0. The van der Waals surface area contributed by atoms with Crippen LogP contribution < -0.4 is 11.1 Å². The summed E-state index contributed by atoms with van der Waals surface area (Å²) in [6.45, 7) is 5.41.